The van der Waals surface area contributed by atoms with E-state index < -0.39 is 0 Å². The molecule has 0 radical (unpaired) electrons. The lowest BCUT2D eigenvalue weighted by Crippen LogP contribution is -2.29. The average molecular weight is 247 g/mol. The summed E-state index contributed by atoms with van der Waals surface area (Å²) in [6, 6.07) is 9.67. The van der Waals surface area contributed by atoms with Crippen LogP contribution in [0.3, 0.4) is 0 Å². The van der Waals surface area contributed by atoms with E-state index in [0.717, 1.165) is 23.5 Å². The van der Waals surface area contributed by atoms with Crippen molar-refractivity contribution >= 4 is 28.8 Å². The van der Waals surface area contributed by atoms with Crippen LogP contribution in [-0.2, 0) is 4.79 Å². The topological polar surface area (TPSA) is 20.3 Å². The Morgan fingerprint density at radius 1 is 1.35 bits per heavy atom. The second-order valence-electron chi connectivity index (χ2n) is 4.93. The summed E-state index contributed by atoms with van der Waals surface area (Å²) in [7, 11) is 0. The lowest BCUT2D eigenvalue weighted by atomic mass is 9.96. The fourth-order valence-electron chi connectivity index (χ4n) is 2.30. The van der Waals surface area contributed by atoms with Crippen molar-refractivity contribution in [2.24, 2.45) is 11.8 Å². The van der Waals surface area contributed by atoms with Crippen LogP contribution in [0.2, 0.25) is 0 Å². The van der Waals surface area contributed by atoms with Crippen LogP contribution in [0.1, 0.15) is 26.7 Å². The molecule has 1 heterocycles. The largest absolute Gasteiger partial charge is 0.275 e. The van der Waals surface area contributed by atoms with Gasteiger partial charge >= 0.3 is 0 Å². The van der Waals surface area contributed by atoms with Crippen molar-refractivity contribution in [2.75, 3.05) is 4.90 Å². The highest BCUT2D eigenvalue weighted by atomic mass is 32.1. The minimum absolute atomic E-state index is 0.0720. The molecule has 0 N–H and O–H groups in total. The third-order valence-corrected chi connectivity index (χ3v) is 3.36. The highest BCUT2D eigenvalue weighted by Crippen LogP contribution is 2.30. The summed E-state index contributed by atoms with van der Waals surface area (Å²) in [5.74, 6) is 0.764. The molecule has 1 aromatic carbocycles. The van der Waals surface area contributed by atoms with E-state index in [4.69, 9.17) is 12.2 Å². The highest BCUT2D eigenvalue weighted by Gasteiger charge is 2.36. The van der Waals surface area contributed by atoms with Crippen molar-refractivity contribution in [1.29, 1.82) is 0 Å². The number of carbonyl (C=O) groups excluding carboxylic acids is 1. The first-order chi connectivity index (χ1) is 8.09. The summed E-state index contributed by atoms with van der Waals surface area (Å²) in [5.41, 5.74) is 0.897. The van der Waals surface area contributed by atoms with Gasteiger partial charge in [-0.3, -0.25) is 9.69 Å². The highest BCUT2D eigenvalue weighted by molar-refractivity contribution is 7.80. The monoisotopic (exact) mass is 247 g/mol. The van der Waals surface area contributed by atoms with Gasteiger partial charge in [-0.1, -0.05) is 44.3 Å². The van der Waals surface area contributed by atoms with E-state index in [-0.39, 0.29) is 11.8 Å². The maximum atomic E-state index is 12.3. The van der Waals surface area contributed by atoms with Crippen LogP contribution in [0.5, 0.6) is 0 Å². The van der Waals surface area contributed by atoms with E-state index in [1.807, 2.05) is 30.3 Å². The molecule has 2 nitrogen and oxygen atoms in total. The Bertz CT molecular complexity index is 427. The van der Waals surface area contributed by atoms with E-state index in [2.05, 4.69) is 13.8 Å². The van der Waals surface area contributed by atoms with Crippen LogP contribution in [0.15, 0.2) is 30.3 Å². The van der Waals surface area contributed by atoms with Gasteiger partial charge in [-0.05, 0) is 24.5 Å². The van der Waals surface area contributed by atoms with Crippen LogP contribution in [0, 0.1) is 11.8 Å². The number of rotatable bonds is 3. The molecule has 0 saturated carbocycles. The van der Waals surface area contributed by atoms with Crippen LogP contribution in [-0.4, -0.2) is 10.9 Å². The number of benzene rings is 1. The Morgan fingerprint density at radius 2 is 2.00 bits per heavy atom. The van der Waals surface area contributed by atoms with Gasteiger partial charge in [0.15, 0.2) is 0 Å². The molecule has 1 fully saturated rings. The van der Waals surface area contributed by atoms with Crippen molar-refractivity contribution < 1.29 is 4.79 Å². The second-order valence-corrected chi connectivity index (χ2v) is 5.40. The van der Waals surface area contributed by atoms with Gasteiger partial charge in [-0.2, -0.15) is 0 Å². The Hall–Kier alpha value is -1.22. The quantitative estimate of drug-likeness (QED) is 0.763. The van der Waals surface area contributed by atoms with E-state index >= 15 is 0 Å². The van der Waals surface area contributed by atoms with Crippen molar-refractivity contribution in [3.05, 3.63) is 30.3 Å². The van der Waals surface area contributed by atoms with Gasteiger partial charge < -0.3 is 0 Å². The molecule has 0 spiro atoms. The van der Waals surface area contributed by atoms with Crippen LogP contribution < -0.4 is 4.90 Å². The normalized spacial score (nSPS) is 20.4. The Labute approximate surface area is 108 Å². The van der Waals surface area contributed by atoms with Crippen LogP contribution in [0.4, 0.5) is 5.69 Å². The van der Waals surface area contributed by atoms with Crippen molar-refractivity contribution in [1.82, 2.24) is 0 Å². The average Bonchev–Trinajstić information content (AvgIpc) is 2.54. The predicted molar refractivity (Wildman–Crippen MR) is 74.1 cm³/mol. The zero-order valence-corrected chi connectivity index (χ0v) is 11.0. The molecular weight excluding hydrogens is 230 g/mol. The summed E-state index contributed by atoms with van der Waals surface area (Å²) in [6.45, 7) is 4.28. The van der Waals surface area contributed by atoms with Gasteiger partial charge in [-0.15, -0.1) is 0 Å². The lowest BCUT2D eigenvalue weighted by Gasteiger charge is -2.17. The van der Waals surface area contributed by atoms with E-state index in [9.17, 15) is 4.79 Å². The number of thiocarbonyl (C=S) groups is 1. The molecule has 17 heavy (non-hydrogen) atoms. The molecule has 1 aliphatic heterocycles. The third-order valence-electron chi connectivity index (χ3n) is 3.01. The van der Waals surface area contributed by atoms with Gasteiger partial charge in [0.25, 0.3) is 0 Å². The number of hydrogen-bond acceptors (Lipinski definition) is 2. The maximum Gasteiger partial charge on any atom is 0.235 e. The van der Waals surface area contributed by atoms with Crippen LogP contribution in [0.25, 0.3) is 0 Å². The minimum atomic E-state index is 0.0720. The predicted octanol–water partition coefficient (Wildman–Crippen LogP) is 3.41. The molecule has 0 bridgehead atoms. The summed E-state index contributed by atoms with van der Waals surface area (Å²) in [4.78, 5) is 14.7. The fraction of sp³-hybridized carbons (Fsp3) is 0.429. The molecule has 1 atom stereocenters. The molecule has 1 saturated heterocycles. The van der Waals surface area contributed by atoms with Gasteiger partial charge in [0, 0.05) is 18.0 Å². The van der Waals surface area contributed by atoms with Gasteiger partial charge in [0.1, 0.15) is 0 Å². The summed E-state index contributed by atoms with van der Waals surface area (Å²) in [5, 5.41) is 0. The Morgan fingerprint density at radius 3 is 2.59 bits per heavy atom. The molecule has 0 aromatic heterocycles. The number of anilines is 1. The molecule has 3 heteroatoms. The fourth-order valence-corrected chi connectivity index (χ4v) is 2.69. The van der Waals surface area contributed by atoms with Crippen molar-refractivity contribution in [2.45, 2.75) is 26.7 Å². The summed E-state index contributed by atoms with van der Waals surface area (Å²) < 4.78 is 0. The standard InChI is InChI=1S/C14H17NOS/c1-10(2)8-11-9-13(17)15(14(11)16)12-6-4-3-5-7-12/h3-7,10-11H,8-9H2,1-2H3. The number of para-hydroxylation sites is 1. The molecule has 1 aromatic rings. The number of nitrogens with zero attached hydrogens (tertiary/aromatic N) is 1. The molecule has 2 rings (SSSR count). The van der Waals surface area contributed by atoms with Gasteiger partial charge in [0.2, 0.25) is 5.91 Å². The number of hydrogen-bond donors (Lipinski definition) is 0. The minimum Gasteiger partial charge on any atom is -0.275 e. The number of carbonyl (C=O) groups is 1. The molecule has 0 aliphatic carbocycles. The van der Waals surface area contributed by atoms with Crippen LogP contribution >= 0.6 is 12.2 Å². The van der Waals surface area contributed by atoms with Gasteiger partial charge in [0.05, 0.1) is 4.99 Å². The van der Waals surface area contributed by atoms with Crippen molar-refractivity contribution in [3.63, 3.8) is 0 Å². The zero-order valence-electron chi connectivity index (χ0n) is 10.2. The van der Waals surface area contributed by atoms with Gasteiger partial charge in [-0.25, -0.2) is 0 Å². The summed E-state index contributed by atoms with van der Waals surface area (Å²) >= 11 is 5.33. The zero-order chi connectivity index (χ0) is 12.4. The third kappa shape index (κ3) is 2.55. The first kappa shape index (κ1) is 12.2. The Balaban J connectivity index is 2.20. The SMILES string of the molecule is CC(C)CC1CC(=S)N(c2ccccc2)C1=O. The maximum absolute atomic E-state index is 12.3. The molecule has 90 valence electrons. The van der Waals surface area contributed by atoms with E-state index in [0.29, 0.717) is 5.92 Å². The van der Waals surface area contributed by atoms with E-state index in [1.165, 1.54) is 0 Å². The molecular formula is C14H17NOS. The van der Waals surface area contributed by atoms with Crippen molar-refractivity contribution in [3.8, 4) is 0 Å². The summed E-state index contributed by atoms with van der Waals surface area (Å²) in [6.07, 6.45) is 1.64. The molecule has 1 amide bonds. The Kier molecular flexibility index (Phi) is 3.57. The molecule has 1 unspecified atom stereocenters. The smallest absolute Gasteiger partial charge is 0.235 e. The molecule has 1 aliphatic rings. The lowest BCUT2D eigenvalue weighted by molar-refractivity contribution is -0.120. The van der Waals surface area contributed by atoms with E-state index in [1.54, 1.807) is 4.90 Å². The first-order valence-electron chi connectivity index (χ1n) is 6.01. The number of amides is 1. The first-order valence-corrected chi connectivity index (χ1v) is 6.42. The second kappa shape index (κ2) is 4.96.